The first-order valence-corrected chi connectivity index (χ1v) is 9.80. The lowest BCUT2D eigenvalue weighted by molar-refractivity contribution is -0.147. The number of rotatable bonds is 4. The van der Waals surface area contributed by atoms with Crippen LogP contribution in [-0.2, 0) is 11.3 Å². The predicted octanol–water partition coefficient (Wildman–Crippen LogP) is 3.17. The van der Waals surface area contributed by atoms with Gasteiger partial charge in [0.2, 0.25) is 5.91 Å². The summed E-state index contributed by atoms with van der Waals surface area (Å²) in [4.78, 5) is 30.5. The smallest absolute Gasteiger partial charge is 0.260 e. The topological polar surface area (TPSA) is 79.0 Å². The molecule has 0 N–H and O–H groups in total. The van der Waals surface area contributed by atoms with Gasteiger partial charge in [0, 0.05) is 33.6 Å². The fraction of sp³-hybridized carbons (Fsp3) is 0.263. The lowest BCUT2D eigenvalue weighted by atomic mass is 9.98. The number of aromatic nitrogens is 2. The number of fused-ring (bicyclic) bond motifs is 1. The molecule has 1 amide bonds. The molecule has 0 bridgehead atoms. The maximum absolute atomic E-state index is 13.7. The Hall–Kier alpha value is -2.83. The van der Waals surface area contributed by atoms with Crippen molar-refractivity contribution in [2.45, 2.75) is 12.2 Å². The van der Waals surface area contributed by atoms with E-state index in [0.29, 0.717) is 16.5 Å². The first-order valence-electron chi connectivity index (χ1n) is 8.54. The molecule has 0 saturated carbocycles. The van der Waals surface area contributed by atoms with Crippen LogP contribution in [0.1, 0.15) is 5.69 Å². The second-order valence-corrected chi connectivity index (χ2v) is 8.16. The SMILES string of the molecule is N#Cc1ncc(-c2csc3ccn(CC(=O)N4CC(F)(CF)C4)c(=O)c23)cc1Cl. The molecule has 6 nitrogen and oxygen atoms in total. The molecule has 0 radical (unpaired) electrons. The van der Waals surface area contributed by atoms with Gasteiger partial charge in [-0.05, 0) is 12.1 Å². The van der Waals surface area contributed by atoms with Crippen LogP contribution >= 0.6 is 22.9 Å². The summed E-state index contributed by atoms with van der Waals surface area (Å²) in [7, 11) is 0. The van der Waals surface area contributed by atoms with Crippen molar-refractivity contribution in [3.05, 3.63) is 51.0 Å². The molecule has 0 aromatic carbocycles. The summed E-state index contributed by atoms with van der Waals surface area (Å²) in [6.45, 7) is -2.02. The van der Waals surface area contributed by atoms with Gasteiger partial charge in [0.05, 0.1) is 23.5 Å². The summed E-state index contributed by atoms with van der Waals surface area (Å²) < 4.78 is 28.2. The Morgan fingerprint density at radius 2 is 2.21 bits per heavy atom. The second kappa shape index (κ2) is 7.21. The van der Waals surface area contributed by atoms with E-state index in [0.717, 1.165) is 4.70 Å². The van der Waals surface area contributed by atoms with Crippen molar-refractivity contribution in [2.24, 2.45) is 0 Å². The maximum Gasteiger partial charge on any atom is 0.260 e. The van der Waals surface area contributed by atoms with E-state index in [1.54, 1.807) is 17.5 Å². The zero-order valence-electron chi connectivity index (χ0n) is 14.9. The highest BCUT2D eigenvalue weighted by Crippen LogP contribution is 2.33. The minimum Gasteiger partial charge on any atom is -0.334 e. The molecule has 0 spiro atoms. The molecule has 0 atom stereocenters. The lowest BCUT2D eigenvalue weighted by Gasteiger charge is -2.42. The van der Waals surface area contributed by atoms with E-state index >= 15 is 0 Å². The molecule has 4 heterocycles. The Bertz CT molecular complexity index is 1230. The quantitative estimate of drug-likeness (QED) is 0.631. The zero-order chi connectivity index (χ0) is 20.8. The Morgan fingerprint density at radius 3 is 2.86 bits per heavy atom. The number of nitriles is 1. The number of halogens is 3. The van der Waals surface area contributed by atoms with Gasteiger partial charge in [0.25, 0.3) is 5.56 Å². The van der Waals surface area contributed by atoms with Crippen molar-refractivity contribution in [3.8, 4) is 17.2 Å². The molecule has 3 aromatic rings. The van der Waals surface area contributed by atoms with Gasteiger partial charge >= 0.3 is 0 Å². The van der Waals surface area contributed by atoms with Gasteiger partial charge in [-0.25, -0.2) is 13.8 Å². The van der Waals surface area contributed by atoms with Gasteiger partial charge in [0.1, 0.15) is 19.3 Å². The molecular formula is C19H13ClF2N4O2S. The Kier molecular flexibility index (Phi) is 4.84. The summed E-state index contributed by atoms with van der Waals surface area (Å²) in [5, 5.41) is 11.3. The van der Waals surface area contributed by atoms with Gasteiger partial charge in [0.15, 0.2) is 11.4 Å². The highest BCUT2D eigenvalue weighted by Gasteiger charge is 2.45. The minimum atomic E-state index is -1.98. The fourth-order valence-electron chi connectivity index (χ4n) is 3.23. The molecule has 1 aliphatic rings. The maximum atomic E-state index is 13.7. The number of carbonyl (C=O) groups excluding carboxylic acids is 1. The summed E-state index contributed by atoms with van der Waals surface area (Å²) in [6.07, 6.45) is 2.97. The lowest BCUT2D eigenvalue weighted by Crippen LogP contribution is -2.62. The molecule has 4 rings (SSSR count). The molecule has 10 heteroatoms. The van der Waals surface area contributed by atoms with Crippen LogP contribution in [0.2, 0.25) is 5.02 Å². The summed E-state index contributed by atoms with van der Waals surface area (Å²) in [5.41, 5.74) is -1.10. The van der Waals surface area contributed by atoms with Crippen molar-refractivity contribution < 1.29 is 13.6 Å². The van der Waals surface area contributed by atoms with Gasteiger partial charge in [-0.3, -0.25) is 9.59 Å². The van der Waals surface area contributed by atoms with Crippen molar-refractivity contribution in [1.29, 1.82) is 5.26 Å². The van der Waals surface area contributed by atoms with E-state index in [-0.39, 0.29) is 35.9 Å². The number of carbonyl (C=O) groups is 1. The first kappa shape index (κ1) is 19.5. The molecule has 0 aliphatic carbocycles. The number of hydrogen-bond donors (Lipinski definition) is 0. The number of pyridine rings is 2. The monoisotopic (exact) mass is 434 g/mol. The first-order chi connectivity index (χ1) is 13.8. The van der Waals surface area contributed by atoms with E-state index in [1.807, 2.05) is 6.07 Å². The average Bonchev–Trinajstić information content (AvgIpc) is 3.12. The third kappa shape index (κ3) is 3.39. The van der Waals surface area contributed by atoms with E-state index in [9.17, 15) is 18.4 Å². The third-order valence-corrected chi connectivity index (χ3v) is 6.04. The van der Waals surface area contributed by atoms with E-state index in [4.69, 9.17) is 16.9 Å². The molecule has 29 heavy (non-hydrogen) atoms. The number of hydrogen-bond acceptors (Lipinski definition) is 5. The highest BCUT2D eigenvalue weighted by molar-refractivity contribution is 7.17. The summed E-state index contributed by atoms with van der Waals surface area (Å²) in [5.74, 6) is -0.451. The van der Waals surface area contributed by atoms with Crippen molar-refractivity contribution >= 4 is 38.9 Å². The predicted molar refractivity (Wildman–Crippen MR) is 105 cm³/mol. The van der Waals surface area contributed by atoms with Crippen LogP contribution in [0.3, 0.4) is 0 Å². The number of thiophene rings is 1. The van der Waals surface area contributed by atoms with Crippen LogP contribution in [0.5, 0.6) is 0 Å². The summed E-state index contributed by atoms with van der Waals surface area (Å²) >= 11 is 7.41. The average molecular weight is 435 g/mol. The largest absolute Gasteiger partial charge is 0.334 e. The summed E-state index contributed by atoms with van der Waals surface area (Å²) in [6, 6.07) is 5.16. The zero-order valence-corrected chi connectivity index (χ0v) is 16.4. The van der Waals surface area contributed by atoms with Gasteiger partial charge in [-0.15, -0.1) is 11.3 Å². The molecule has 0 unspecified atom stereocenters. The van der Waals surface area contributed by atoms with Crippen LogP contribution in [-0.4, -0.2) is 45.8 Å². The molecule has 148 valence electrons. The molecule has 1 fully saturated rings. The third-order valence-electron chi connectivity index (χ3n) is 4.80. The number of likely N-dealkylation sites (tertiary alicyclic amines) is 1. The van der Waals surface area contributed by atoms with E-state index in [1.165, 1.54) is 33.2 Å². The Morgan fingerprint density at radius 1 is 1.45 bits per heavy atom. The van der Waals surface area contributed by atoms with Crippen LogP contribution < -0.4 is 5.56 Å². The Labute approximate surface area is 172 Å². The van der Waals surface area contributed by atoms with Gasteiger partial charge in [-0.2, -0.15) is 5.26 Å². The van der Waals surface area contributed by atoms with E-state index < -0.39 is 18.3 Å². The fourth-order valence-corrected chi connectivity index (χ4v) is 4.40. The molecule has 3 aromatic heterocycles. The minimum absolute atomic E-state index is 0.0877. The Balaban J connectivity index is 1.67. The molecule has 1 saturated heterocycles. The van der Waals surface area contributed by atoms with Crippen LogP contribution in [0.4, 0.5) is 8.78 Å². The molecule has 1 aliphatic heterocycles. The molecular weight excluding hydrogens is 422 g/mol. The van der Waals surface area contributed by atoms with Crippen LogP contribution in [0.25, 0.3) is 21.2 Å². The van der Waals surface area contributed by atoms with Gasteiger partial charge in [-0.1, -0.05) is 11.6 Å². The van der Waals surface area contributed by atoms with Crippen molar-refractivity contribution in [3.63, 3.8) is 0 Å². The second-order valence-electron chi connectivity index (χ2n) is 6.84. The normalized spacial score (nSPS) is 15.2. The standard InChI is InChI=1S/C19H13ClF2N4O2S/c20-13-3-11(5-24-14(13)4-23)12-7-29-15-1-2-25(18(28)17(12)15)6-16(27)26-9-19(22,8-21)10-26/h1-3,5,7H,6,8-10H2. The highest BCUT2D eigenvalue weighted by atomic mass is 35.5. The van der Waals surface area contributed by atoms with Crippen molar-refractivity contribution in [1.82, 2.24) is 14.5 Å². The van der Waals surface area contributed by atoms with E-state index in [2.05, 4.69) is 4.98 Å². The number of nitrogens with zero attached hydrogens (tertiary/aromatic N) is 4. The van der Waals surface area contributed by atoms with Crippen LogP contribution in [0.15, 0.2) is 34.7 Å². The van der Waals surface area contributed by atoms with Crippen LogP contribution in [0, 0.1) is 11.3 Å². The number of amides is 1. The number of alkyl halides is 2. The van der Waals surface area contributed by atoms with Gasteiger partial charge < -0.3 is 9.47 Å². The van der Waals surface area contributed by atoms with Crippen molar-refractivity contribution in [2.75, 3.05) is 19.8 Å².